The summed E-state index contributed by atoms with van der Waals surface area (Å²) in [5, 5.41) is 0. The smallest absolute Gasteiger partial charge is 0.456 e. The third-order valence-electron chi connectivity index (χ3n) is 2.28. The summed E-state index contributed by atoms with van der Waals surface area (Å²) in [5.74, 6) is -1.79. The molecule has 2 heterocycles. The maximum absolute atomic E-state index is 12.4. The summed E-state index contributed by atoms with van der Waals surface area (Å²) in [5.41, 5.74) is -0.621. The first kappa shape index (κ1) is 14.7. The fraction of sp³-hybridized carbons (Fsp3) is 0.182. The molecule has 0 unspecified atom stereocenters. The summed E-state index contributed by atoms with van der Waals surface area (Å²) in [4.78, 5) is 19.1. The number of methoxy groups -OCH3 is 1. The fourth-order valence-electron chi connectivity index (χ4n) is 1.42. The molecule has 2 rings (SSSR count). The van der Waals surface area contributed by atoms with E-state index < -0.39 is 17.7 Å². The van der Waals surface area contributed by atoms with Crippen LogP contribution in [-0.4, -0.2) is 29.0 Å². The Kier molecular flexibility index (Phi) is 3.96. The Bertz CT molecular complexity index is 657. The second kappa shape index (κ2) is 5.37. The lowest BCUT2D eigenvalue weighted by Crippen LogP contribution is -2.23. The number of Topliss-reactive ketones (excluding diaryl/α,β-unsaturated/α-hetero) is 1. The highest BCUT2D eigenvalue weighted by atomic mass is 35.5. The number of hydrogen-bond acceptors (Lipinski definition) is 5. The lowest BCUT2D eigenvalue weighted by molar-refractivity contribution is -0.0888. The minimum Gasteiger partial charge on any atom is -0.494 e. The SMILES string of the molecule is COc1ccc(C(=O)C(F)(F)F)nc1-c1cnc(Cl)s1. The number of halogens is 4. The van der Waals surface area contributed by atoms with Gasteiger partial charge in [0.25, 0.3) is 5.78 Å². The average molecular weight is 323 g/mol. The number of carbonyl (C=O) groups is 1. The van der Waals surface area contributed by atoms with Crippen LogP contribution in [-0.2, 0) is 0 Å². The molecule has 4 nitrogen and oxygen atoms in total. The molecule has 20 heavy (non-hydrogen) atoms. The van der Waals surface area contributed by atoms with Gasteiger partial charge < -0.3 is 4.74 Å². The van der Waals surface area contributed by atoms with E-state index in [4.69, 9.17) is 16.3 Å². The minimum absolute atomic E-state index is 0.0898. The Hall–Kier alpha value is -1.67. The lowest BCUT2D eigenvalue weighted by atomic mass is 10.2. The zero-order chi connectivity index (χ0) is 14.9. The van der Waals surface area contributed by atoms with Crippen LogP contribution in [0.3, 0.4) is 0 Å². The van der Waals surface area contributed by atoms with Crippen molar-refractivity contribution >= 4 is 28.7 Å². The third-order valence-corrected chi connectivity index (χ3v) is 3.40. The van der Waals surface area contributed by atoms with Crippen LogP contribution >= 0.6 is 22.9 Å². The Morgan fingerprint density at radius 3 is 2.60 bits per heavy atom. The first-order valence-corrected chi connectivity index (χ1v) is 6.30. The van der Waals surface area contributed by atoms with Crippen molar-refractivity contribution in [2.24, 2.45) is 0 Å². The van der Waals surface area contributed by atoms with Gasteiger partial charge in [0, 0.05) is 6.20 Å². The summed E-state index contributed by atoms with van der Waals surface area (Å²) in [6.07, 6.45) is -3.64. The number of hydrogen-bond donors (Lipinski definition) is 0. The number of ketones is 1. The molecule has 0 saturated carbocycles. The van der Waals surface area contributed by atoms with Crippen molar-refractivity contribution in [1.29, 1.82) is 0 Å². The van der Waals surface area contributed by atoms with E-state index in [1.807, 2.05) is 0 Å². The molecule has 0 fully saturated rings. The molecular formula is C11H6ClF3N2O2S. The molecule has 0 aliphatic carbocycles. The second-order valence-electron chi connectivity index (χ2n) is 3.55. The van der Waals surface area contributed by atoms with Crippen molar-refractivity contribution in [2.45, 2.75) is 6.18 Å². The van der Waals surface area contributed by atoms with Crippen molar-refractivity contribution in [2.75, 3.05) is 7.11 Å². The molecule has 2 aromatic rings. The van der Waals surface area contributed by atoms with Crippen molar-refractivity contribution in [3.8, 4) is 16.3 Å². The number of nitrogens with zero attached hydrogens (tertiary/aromatic N) is 2. The summed E-state index contributed by atoms with van der Waals surface area (Å²) >= 11 is 6.69. The van der Waals surface area contributed by atoms with E-state index >= 15 is 0 Å². The average Bonchev–Trinajstić information content (AvgIpc) is 2.82. The number of ether oxygens (including phenoxy) is 1. The predicted octanol–water partition coefficient (Wildman–Crippen LogP) is 3.61. The van der Waals surface area contributed by atoms with Crippen LogP contribution in [0.4, 0.5) is 13.2 Å². The molecule has 0 N–H and O–H groups in total. The van der Waals surface area contributed by atoms with E-state index in [1.165, 1.54) is 19.4 Å². The number of pyridine rings is 1. The normalized spacial score (nSPS) is 11.4. The minimum atomic E-state index is -4.98. The fourth-order valence-corrected chi connectivity index (χ4v) is 2.35. The molecule has 0 aliphatic rings. The number of thiazole rings is 1. The topological polar surface area (TPSA) is 52.1 Å². The molecule has 0 atom stereocenters. The predicted molar refractivity (Wildman–Crippen MR) is 67.3 cm³/mol. The van der Waals surface area contributed by atoms with E-state index in [-0.39, 0.29) is 15.9 Å². The molecule has 0 radical (unpaired) electrons. The molecule has 0 aliphatic heterocycles. The summed E-state index contributed by atoms with van der Waals surface area (Å²) in [7, 11) is 1.34. The molecule has 0 spiro atoms. The number of alkyl halides is 3. The molecular weight excluding hydrogens is 317 g/mol. The summed E-state index contributed by atoms with van der Waals surface area (Å²) < 4.78 is 42.4. The van der Waals surface area contributed by atoms with Gasteiger partial charge in [-0.2, -0.15) is 13.2 Å². The van der Waals surface area contributed by atoms with Crippen LogP contribution in [0.5, 0.6) is 5.75 Å². The van der Waals surface area contributed by atoms with Crippen LogP contribution in [0.2, 0.25) is 4.47 Å². The molecule has 9 heteroatoms. The van der Waals surface area contributed by atoms with E-state index in [0.29, 0.717) is 4.88 Å². The largest absolute Gasteiger partial charge is 0.494 e. The van der Waals surface area contributed by atoms with Crippen molar-refractivity contribution < 1.29 is 22.7 Å². The maximum atomic E-state index is 12.4. The zero-order valence-electron chi connectivity index (χ0n) is 9.86. The number of aromatic nitrogens is 2. The van der Waals surface area contributed by atoms with Gasteiger partial charge >= 0.3 is 6.18 Å². The van der Waals surface area contributed by atoms with E-state index in [1.54, 1.807) is 0 Å². The van der Waals surface area contributed by atoms with Gasteiger partial charge in [-0.05, 0) is 12.1 Å². The monoisotopic (exact) mass is 322 g/mol. The Morgan fingerprint density at radius 2 is 2.10 bits per heavy atom. The maximum Gasteiger partial charge on any atom is 0.456 e. The second-order valence-corrected chi connectivity index (χ2v) is 5.16. The number of rotatable bonds is 3. The Balaban J connectivity index is 2.53. The highest BCUT2D eigenvalue weighted by molar-refractivity contribution is 7.18. The van der Waals surface area contributed by atoms with E-state index in [0.717, 1.165) is 17.4 Å². The molecule has 0 bridgehead atoms. The highest BCUT2D eigenvalue weighted by Crippen LogP contribution is 2.34. The Labute approximate surface area is 120 Å². The van der Waals surface area contributed by atoms with Crippen LogP contribution < -0.4 is 4.74 Å². The van der Waals surface area contributed by atoms with Crippen molar-refractivity contribution in [1.82, 2.24) is 9.97 Å². The van der Waals surface area contributed by atoms with Gasteiger partial charge in [0.1, 0.15) is 17.1 Å². The van der Waals surface area contributed by atoms with Crippen LogP contribution in [0.15, 0.2) is 18.3 Å². The van der Waals surface area contributed by atoms with Crippen molar-refractivity contribution in [3.63, 3.8) is 0 Å². The van der Waals surface area contributed by atoms with Crippen molar-refractivity contribution in [3.05, 3.63) is 28.5 Å². The van der Waals surface area contributed by atoms with Gasteiger partial charge in [-0.3, -0.25) is 4.79 Å². The van der Waals surface area contributed by atoms with Gasteiger partial charge in [-0.15, -0.1) is 11.3 Å². The number of carbonyl (C=O) groups excluding carboxylic acids is 1. The van der Waals surface area contributed by atoms with E-state index in [2.05, 4.69) is 9.97 Å². The van der Waals surface area contributed by atoms with Gasteiger partial charge in [0.2, 0.25) is 0 Å². The van der Waals surface area contributed by atoms with Gasteiger partial charge in [0.05, 0.1) is 12.0 Å². The summed E-state index contributed by atoms with van der Waals surface area (Å²) in [6, 6.07) is 2.20. The first-order valence-electron chi connectivity index (χ1n) is 5.11. The Morgan fingerprint density at radius 1 is 1.40 bits per heavy atom. The molecule has 106 valence electrons. The highest BCUT2D eigenvalue weighted by Gasteiger charge is 2.40. The quantitative estimate of drug-likeness (QED) is 0.810. The van der Waals surface area contributed by atoms with E-state index in [9.17, 15) is 18.0 Å². The standard InChI is InChI=1S/C11H6ClF3N2O2S/c1-19-6-3-2-5(9(18)11(13,14)15)17-8(6)7-4-16-10(12)20-7/h2-4H,1H3. The zero-order valence-corrected chi connectivity index (χ0v) is 11.4. The lowest BCUT2D eigenvalue weighted by Gasteiger charge is -2.09. The third kappa shape index (κ3) is 2.91. The van der Waals surface area contributed by atoms with Gasteiger partial charge in [-0.1, -0.05) is 11.6 Å². The molecule has 0 saturated heterocycles. The van der Waals surface area contributed by atoms with Crippen LogP contribution in [0.25, 0.3) is 10.6 Å². The van der Waals surface area contributed by atoms with Crippen LogP contribution in [0.1, 0.15) is 10.5 Å². The van der Waals surface area contributed by atoms with Crippen LogP contribution in [0, 0.1) is 0 Å². The molecule has 0 amide bonds. The molecule has 2 aromatic heterocycles. The molecule has 0 aromatic carbocycles. The van der Waals surface area contributed by atoms with Gasteiger partial charge in [-0.25, -0.2) is 9.97 Å². The van der Waals surface area contributed by atoms with Gasteiger partial charge in [0.15, 0.2) is 4.47 Å². The summed E-state index contributed by atoms with van der Waals surface area (Å²) in [6.45, 7) is 0. The first-order chi connectivity index (χ1) is 9.32.